The smallest absolute Gasteiger partial charge is 0.321 e. The molecule has 0 spiro atoms. The van der Waals surface area contributed by atoms with Crippen molar-refractivity contribution in [1.82, 2.24) is 16.0 Å². The van der Waals surface area contributed by atoms with Gasteiger partial charge in [0.1, 0.15) is 0 Å². The molecule has 7 nitrogen and oxygen atoms in total. The van der Waals surface area contributed by atoms with Gasteiger partial charge in [-0.15, -0.1) is 12.4 Å². The monoisotopic (exact) mass is 396 g/mol. The molecule has 3 N–H and O–H groups in total. The predicted octanol–water partition coefficient (Wildman–Crippen LogP) is 1.77. The van der Waals surface area contributed by atoms with E-state index in [9.17, 15) is 9.59 Å². The van der Waals surface area contributed by atoms with Crippen LogP contribution in [0.15, 0.2) is 24.3 Å². The summed E-state index contributed by atoms with van der Waals surface area (Å²) in [6.07, 6.45) is 2.86. The summed E-state index contributed by atoms with van der Waals surface area (Å²) in [6.45, 7) is 4.49. The van der Waals surface area contributed by atoms with Crippen LogP contribution in [0.25, 0.3) is 0 Å². The summed E-state index contributed by atoms with van der Waals surface area (Å²) in [7, 11) is 1.71. The van der Waals surface area contributed by atoms with E-state index in [1.54, 1.807) is 24.1 Å². The highest BCUT2D eigenvalue weighted by molar-refractivity contribution is 5.97. The number of halogens is 1. The molecule has 3 rings (SSSR count). The van der Waals surface area contributed by atoms with E-state index in [0.717, 1.165) is 38.0 Å². The zero-order valence-corrected chi connectivity index (χ0v) is 16.6. The van der Waals surface area contributed by atoms with Gasteiger partial charge in [0.2, 0.25) is 0 Å². The van der Waals surface area contributed by atoms with Crippen molar-refractivity contribution in [2.45, 2.75) is 19.3 Å². The van der Waals surface area contributed by atoms with Crippen LogP contribution in [0.5, 0.6) is 0 Å². The summed E-state index contributed by atoms with van der Waals surface area (Å²) in [5.41, 5.74) is 1.31. The molecular formula is C19H29ClN4O3. The van der Waals surface area contributed by atoms with E-state index in [0.29, 0.717) is 31.8 Å². The minimum atomic E-state index is -0.113. The van der Waals surface area contributed by atoms with E-state index in [2.05, 4.69) is 16.0 Å². The largest absolute Gasteiger partial charge is 0.384 e. The van der Waals surface area contributed by atoms with Crippen molar-refractivity contribution in [3.63, 3.8) is 0 Å². The number of urea groups is 1. The van der Waals surface area contributed by atoms with Crippen molar-refractivity contribution < 1.29 is 14.3 Å². The van der Waals surface area contributed by atoms with Gasteiger partial charge in [-0.1, -0.05) is 6.07 Å². The van der Waals surface area contributed by atoms with Gasteiger partial charge in [0.15, 0.2) is 0 Å². The Labute approximate surface area is 166 Å². The number of nitrogens with one attached hydrogen (secondary N) is 3. The quantitative estimate of drug-likeness (QED) is 0.684. The normalized spacial score (nSPS) is 19.0. The van der Waals surface area contributed by atoms with Gasteiger partial charge >= 0.3 is 6.03 Å². The Morgan fingerprint density at radius 1 is 1.30 bits per heavy atom. The number of carbonyl (C=O) groups is 2. The van der Waals surface area contributed by atoms with Gasteiger partial charge in [0.25, 0.3) is 5.91 Å². The fourth-order valence-corrected chi connectivity index (χ4v) is 3.70. The van der Waals surface area contributed by atoms with Gasteiger partial charge in [-0.05, 0) is 50.6 Å². The first-order chi connectivity index (χ1) is 12.6. The highest BCUT2D eigenvalue weighted by atomic mass is 35.5. The van der Waals surface area contributed by atoms with E-state index < -0.39 is 0 Å². The van der Waals surface area contributed by atoms with Crippen LogP contribution in [0, 0.1) is 5.41 Å². The van der Waals surface area contributed by atoms with Crippen molar-refractivity contribution >= 4 is 30.0 Å². The molecule has 8 heteroatoms. The van der Waals surface area contributed by atoms with Crippen molar-refractivity contribution in [3.8, 4) is 0 Å². The minimum absolute atomic E-state index is 0. The zero-order valence-electron chi connectivity index (χ0n) is 15.8. The molecule has 2 heterocycles. The average Bonchev–Trinajstić information content (AvgIpc) is 2.68. The Morgan fingerprint density at radius 3 is 2.78 bits per heavy atom. The molecule has 0 aliphatic carbocycles. The first-order valence-corrected chi connectivity index (χ1v) is 9.27. The Bertz CT molecular complexity index is 644. The van der Waals surface area contributed by atoms with Crippen LogP contribution in [0.2, 0.25) is 0 Å². The van der Waals surface area contributed by atoms with Crippen molar-refractivity contribution in [3.05, 3.63) is 29.8 Å². The third kappa shape index (κ3) is 5.34. The summed E-state index contributed by atoms with van der Waals surface area (Å²) < 4.78 is 5.40. The summed E-state index contributed by atoms with van der Waals surface area (Å²) in [5.74, 6) is -0.113. The lowest BCUT2D eigenvalue weighted by Crippen LogP contribution is -2.47. The first-order valence-electron chi connectivity index (χ1n) is 9.27. The summed E-state index contributed by atoms with van der Waals surface area (Å²) in [6, 6.07) is 7.14. The molecule has 0 saturated carbocycles. The van der Waals surface area contributed by atoms with Crippen LogP contribution in [0.1, 0.15) is 29.6 Å². The molecule has 150 valence electrons. The number of nitrogens with zero attached hydrogens (tertiary/aromatic N) is 1. The second-order valence-electron chi connectivity index (χ2n) is 7.15. The van der Waals surface area contributed by atoms with Crippen LogP contribution >= 0.6 is 12.4 Å². The van der Waals surface area contributed by atoms with Crippen LogP contribution in [0.4, 0.5) is 10.5 Å². The Balaban J connectivity index is 0.00000261. The number of hydrogen-bond donors (Lipinski definition) is 3. The molecule has 2 aliphatic heterocycles. The number of carbonyl (C=O) groups excluding carboxylic acids is 2. The maximum absolute atomic E-state index is 12.7. The number of benzene rings is 1. The predicted molar refractivity (Wildman–Crippen MR) is 108 cm³/mol. The van der Waals surface area contributed by atoms with Crippen LogP contribution < -0.4 is 20.9 Å². The van der Waals surface area contributed by atoms with Gasteiger partial charge in [-0.2, -0.15) is 0 Å². The molecule has 2 fully saturated rings. The number of piperidine rings is 1. The lowest BCUT2D eigenvalue weighted by atomic mass is 9.79. The van der Waals surface area contributed by atoms with Crippen LogP contribution in [-0.2, 0) is 4.74 Å². The Kier molecular flexibility index (Phi) is 7.89. The zero-order chi connectivity index (χ0) is 18.4. The number of amides is 3. The Hall–Kier alpha value is -1.83. The fourth-order valence-electron chi connectivity index (χ4n) is 3.70. The number of rotatable bonds is 6. The summed E-state index contributed by atoms with van der Waals surface area (Å²) in [5, 5.41) is 9.26. The maximum atomic E-state index is 12.7. The highest BCUT2D eigenvalue weighted by Crippen LogP contribution is 2.28. The lowest BCUT2D eigenvalue weighted by molar-refractivity contribution is 0.0512. The third-order valence-corrected chi connectivity index (χ3v) is 5.24. The van der Waals surface area contributed by atoms with E-state index in [1.165, 1.54) is 0 Å². The molecule has 0 bridgehead atoms. The average molecular weight is 397 g/mol. The van der Waals surface area contributed by atoms with Gasteiger partial charge in [-0.3, -0.25) is 9.69 Å². The fraction of sp³-hybridized carbons (Fsp3) is 0.579. The molecule has 27 heavy (non-hydrogen) atoms. The van der Waals surface area contributed by atoms with Crippen molar-refractivity contribution in [2.24, 2.45) is 5.41 Å². The van der Waals surface area contributed by atoms with Gasteiger partial charge in [0, 0.05) is 43.4 Å². The molecule has 0 radical (unpaired) electrons. The molecule has 3 amide bonds. The second-order valence-corrected chi connectivity index (χ2v) is 7.15. The van der Waals surface area contributed by atoms with Gasteiger partial charge < -0.3 is 20.7 Å². The lowest BCUT2D eigenvalue weighted by Gasteiger charge is -2.37. The number of hydrogen-bond acceptors (Lipinski definition) is 4. The molecule has 0 aromatic heterocycles. The number of ether oxygens (including phenoxy) is 1. The molecule has 2 saturated heterocycles. The van der Waals surface area contributed by atoms with E-state index >= 15 is 0 Å². The van der Waals surface area contributed by atoms with E-state index in [4.69, 9.17) is 4.74 Å². The Morgan fingerprint density at radius 2 is 2.07 bits per heavy atom. The van der Waals surface area contributed by atoms with E-state index in [-0.39, 0.29) is 29.8 Å². The van der Waals surface area contributed by atoms with Gasteiger partial charge in [-0.25, -0.2) is 4.79 Å². The standard InChI is InChI=1S/C19H28N4O3.ClH/c1-26-14-19(6-9-20-10-7-19)13-22-17(24)15-4-2-5-16(12-15)23-11-3-8-21-18(23)25;/h2,4-5,12,20H,3,6-11,13-14H2,1H3,(H,21,25)(H,22,24);1H. The van der Waals surface area contributed by atoms with Gasteiger partial charge in [0.05, 0.1) is 6.61 Å². The number of methoxy groups -OCH3 is 1. The first kappa shape index (κ1) is 21.5. The third-order valence-electron chi connectivity index (χ3n) is 5.24. The topological polar surface area (TPSA) is 82.7 Å². The molecule has 1 aromatic rings. The minimum Gasteiger partial charge on any atom is -0.384 e. The maximum Gasteiger partial charge on any atom is 0.321 e. The second kappa shape index (κ2) is 9.92. The van der Waals surface area contributed by atoms with E-state index in [1.807, 2.05) is 12.1 Å². The summed E-state index contributed by atoms with van der Waals surface area (Å²) in [4.78, 5) is 26.4. The molecule has 0 unspecified atom stereocenters. The molecule has 2 aliphatic rings. The highest BCUT2D eigenvalue weighted by Gasteiger charge is 2.32. The van der Waals surface area contributed by atoms with Crippen LogP contribution in [-0.4, -0.2) is 58.4 Å². The van der Waals surface area contributed by atoms with Crippen molar-refractivity contribution in [2.75, 3.05) is 51.3 Å². The van der Waals surface area contributed by atoms with Crippen LogP contribution in [0.3, 0.4) is 0 Å². The molecular weight excluding hydrogens is 368 g/mol. The molecule has 0 atom stereocenters. The van der Waals surface area contributed by atoms with Crippen molar-refractivity contribution in [1.29, 1.82) is 0 Å². The number of anilines is 1. The summed E-state index contributed by atoms with van der Waals surface area (Å²) >= 11 is 0. The SMILES string of the molecule is COCC1(CNC(=O)c2cccc(N3CCCNC3=O)c2)CCNCC1.Cl. The molecule has 1 aromatic carbocycles.